The summed E-state index contributed by atoms with van der Waals surface area (Å²) in [6, 6.07) is 8.19. The maximum atomic E-state index is 4.17. The van der Waals surface area contributed by atoms with Gasteiger partial charge in [-0.15, -0.1) is 0 Å². The highest BCUT2D eigenvalue weighted by Crippen LogP contribution is 2.31. The summed E-state index contributed by atoms with van der Waals surface area (Å²) in [6.07, 6.45) is 8.72. The second-order valence-corrected chi connectivity index (χ2v) is 5.95. The highest BCUT2D eigenvalue weighted by atomic mass is 15.1. The molecule has 3 rings (SSSR count). The standard InChI is InChI=1S/C17H23N3/c1-2-13-7-9-14(10-8-13)11-18-17-12-19-20-16-6-4-3-5-15(16)17/h3-6,12-14H,2,7-11H2,1H3,(H,18,20). The van der Waals surface area contributed by atoms with E-state index in [2.05, 4.69) is 34.6 Å². The van der Waals surface area contributed by atoms with Gasteiger partial charge in [0, 0.05) is 11.9 Å². The SMILES string of the molecule is CCC1CCC(CNc2cnnc3ccccc23)CC1. The van der Waals surface area contributed by atoms with Gasteiger partial charge in [-0.25, -0.2) is 0 Å². The van der Waals surface area contributed by atoms with Gasteiger partial charge >= 0.3 is 0 Å². The molecule has 0 amide bonds. The van der Waals surface area contributed by atoms with Crippen molar-refractivity contribution in [1.82, 2.24) is 10.2 Å². The van der Waals surface area contributed by atoms with E-state index >= 15 is 0 Å². The summed E-state index contributed by atoms with van der Waals surface area (Å²) >= 11 is 0. The van der Waals surface area contributed by atoms with E-state index in [-0.39, 0.29) is 0 Å². The molecule has 2 aromatic rings. The molecule has 106 valence electrons. The molecule has 1 saturated carbocycles. The van der Waals surface area contributed by atoms with Crippen molar-refractivity contribution in [2.45, 2.75) is 39.0 Å². The van der Waals surface area contributed by atoms with E-state index < -0.39 is 0 Å². The summed E-state index contributed by atoms with van der Waals surface area (Å²) in [7, 11) is 0. The Kier molecular flexibility index (Phi) is 4.14. The normalized spacial score (nSPS) is 22.9. The fourth-order valence-corrected chi connectivity index (χ4v) is 3.25. The first kappa shape index (κ1) is 13.3. The van der Waals surface area contributed by atoms with Gasteiger partial charge in [-0.2, -0.15) is 10.2 Å². The van der Waals surface area contributed by atoms with Crippen molar-refractivity contribution in [1.29, 1.82) is 0 Å². The number of benzene rings is 1. The predicted octanol–water partition coefficient (Wildman–Crippen LogP) is 4.26. The molecule has 0 atom stereocenters. The number of rotatable bonds is 4. The second kappa shape index (κ2) is 6.21. The van der Waals surface area contributed by atoms with Crippen LogP contribution in [-0.4, -0.2) is 16.7 Å². The van der Waals surface area contributed by atoms with Crippen LogP contribution in [0.1, 0.15) is 39.0 Å². The van der Waals surface area contributed by atoms with Crippen molar-refractivity contribution in [3.63, 3.8) is 0 Å². The number of hydrogen-bond acceptors (Lipinski definition) is 3. The molecule has 0 aliphatic heterocycles. The number of hydrogen-bond donors (Lipinski definition) is 1. The average molecular weight is 269 g/mol. The molecule has 0 radical (unpaired) electrons. The number of anilines is 1. The van der Waals surface area contributed by atoms with Crippen LogP contribution in [0.25, 0.3) is 10.9 Å². The largest absolute Gasteiger partial charge is 0.383 e. The van der Waals surface area contributed by atoms with E-state index in [0.29, 0.717) is 0 Å². The zero-order valence-electron chi connectivity index (χ0n) is 12.2. The maximum Gasteiger partial charge on any atom is 0.0950 e. The van der Waals surface area contributed by atoms with Crippen molar-refractivity contribution in [3.05, 3.63) is 30.5 Å². The van der Waals surface area contributed by atoms with Crippen LogP contribution in [-0.2, 0) is 0 Å². The zero-order chi connectivity index (χ0) is 13.8. The van der Waals surface area contributed by atoms with Gasteiger partial charge in [0.2, 0.25) is 0 Å². The third kappa shape index (κ3) is 2.92. The fourth-order valence-electron chi connectivity index (χ4n) is 3.25. The van der Waals surface area contributed by atoms with Gasteiger partial charge in [0.1, 0.15) is 0 Å². The summed E-state index contributed by atoms with van der Waals surface area (Å²) in [4.78, 5) is 0. The molecule has 0 bridgehead atoms. The van der Waals surface area contributed by atoms with Gasteiger partial charge in [0.15, 0.2) is 0 Å². The summed E-state index contributed by atoms with van der Waals surface area (Å²) < 4.78 is 0. The van der Waals surface area contributed by atoms with E-state index in [1.807, 2.05) is 18.3 Å². The Morgan fingerprint density at radius 3 is 2.65 bits per heavy atom. The molecule has 1 aliphatic rings. The molecule has 0 saturated heterocycles. The Morgan fingerprint density at radius 2 is 1.85 bits per heavy atom. The Balaban J connectivity index is 1.63. The van der Waals surface area contributed by atoms with Crippen molar-refractivity contribution in [2.24, 2.45) is 11.8 Å². The second-order valence-electron chi connectivity index (χ2n) is 5.95. The molecule has 1 aliphatic carbocycles. The van der Waals surface area contributed by atoms with Crippen LogP contribution in [0.2, 0.25) is 0 Å². The minimum absolute atomic E-state index is 0.810. The van der Waals surface area contributed by atoms with Gasteiger partial charge in [-0.05, 0) is 30.7 Å². The van der Waals surface area contributed by atoms with Gasteiger partial charge in [0.25, 0.3) is 0 Å². The topological polar surface area (TPSA) is 37.8 Å². The Bertz CT molecular complexity index is 554. The highest BCUT2D eigenvalue weighted by Gasteiger charge is 2.19. The first-order chi connectivity index (χ1) is 9.86. The molecule has 0 unspecified atom stereocenters. The van der Waals surface area contributed by atoms with Crippen molar-refractivity contribution < 1.29 is 0 Å². The number of nitrogens with one attached hydrogen (secondary N) is 1. The first-order valence-electron chi connectivity index (χ1n) is 7.81. The van der Waals surface area contributed by atoms with Gasteiger partial charge in [-0.3, -0.25) is 0 Å². The van der Waals surface area contributed by atoms with Gasteiger partial charge < -0.3 is 5.32 Å². The molecule has 1 aromatic heterocycles. The number of fused-ring (bicyclic) bond motifs is 1. The van der Waals surface area contributed by atoms with Crippen molar-refractivity contribution >= 4 is 16.6 Å². The average Bonchev–Trinajstić information content (AvgIpc) is 2.53. The van der Waals surface area contributed by atoms with Crippen LogP contribution in [0, 0.1) is 11.8 Å². The highest BCUT2D eigenvalue weighted by molar-refractivity contribution is 5.90. The van der Waals surface area contributed by atoms with Crippen molar-refractivity contribution in [2.75, 3.05) is 11.9 Å². The molecule has 3 nitrogen and oxygen atoms in total. The summed E-state index contributed by atoms with van der Waals surface area (Å²) in [5, 5.41) is 13.0. The Labute approximate surface area is 120 Å². The van der Waals surface area contributed by atoms with Crippen LogP contribution < -0.4 is 5.32 Å². The third-order valence-electron chi connectivity index (χ3n) is 4.67. The lowest BCUT2D eigenvalue weighted by Crippen LogP contribution is -2.21. The van der Waals surface area contributed by atoms with Gasteiger partial charge in [0.05, 0.1) is 17.4 Å². The smallest absolute Gasteiger partial charge is 0.0950 e. The molecule has 0 spiro atoms. The molecular formula is C17H23N3. The number of aromatic nitrogens is 2. The predicted molar refractivity (Wildman–Crippen MR) is 83.8 cm³/mol. The molecular weight excluding hydrogens is 246 g/mol. The van der Waals surface area contributed by atoms with Crippen LogP contribution in [0.15, 0.2) is 30.5 Å². The maximum absolute atomic E-state index is 4.17. The van der Waals surface area contributed by atoms with Crippen LogP contribution >= 0.6 is 0 Å². The van der Waals surface area contributed by atoms with E-state index in [1.54, 1.807) is 0 Å². The van der Waals surface area contributed by atoms with E-state index in [1.165, 1.54) is 37.5 Å². The lowest BCUT2D eigenvalue weighted by atomic mass is 9.81. The van der Waals surface area contributed by atoms with Crippen LogP contribution in [0.3, 0.4) is 0 Å². The van der Waals surface area contributed by atoms with Crippen molar-refractivity contribution in [3.8, 4) is 0 Å². The molecule has 1 fully saturated rings. The lowest BCUT2D eigenvalue weighted by Gasteiger charge is -2.28. The number of nitrogens with zero attached hydrogens (tertiary/aromatic N) is 2. The third-order valence-corrected chi connectivity index (χ3v) is 4.67. The Hall–Kier alpha value is -1.64. The Morgan fingerprint density at radius 1 is 1.10 bits per heavy atom. The molecule has 1 aromatic carbocycles. The monoisotopic (exact) mass is 269 g/mol. The first-order valence-corrected chi connectivity index (χ1v) is 7.81. The van der Waals surface area contributed by atoms with E-state index in [0.717, 1.165) is 29.6 Å². The fraction of sp³-hybridized carbons (Fsp3) is 0.529. The summed E-state index contributed by atoms with van der Waals surface area (Å²) in [5.74, 6) is 1.78. The molecule has 20 heavy (non-hydrogen) atoms. The van der Waals surface area contributed by atoms with Crippen LogP contribution in [0.4, 0.5) is 5.69 Å². The lowest BCUT2D eigenvalue weighted by molar-refractivity contribution is 0.278. The minimum atomic E-state index is 0.810. The quantitative estimate of drug-likeness (QED) is 0.901. The summed E-state index contributed by atoms with van der Waals surface area (Å²) in [6.45, 7) is 3.38. The minimum Gasteiger partial charge on any atom is -0.383 e. The zero-order valence-corrected chi connectivity index (χ0v) is 12.2. The molecule has 1 heterocycles. The van der Waals surface area contributed by atoms with E-state index in [4.69, 9.17) is 0 Å². The molecule has 3 heteroatoms. The van der Waals surface area contributed by atoms with Gasteiger partial charge in [-0.1, -0.05) is 44.4 Å². The molecule has 1 N–H and O–H groups in total. The van der Waals surface area contributed by atoms with E-state index in [9.17, 15) is 0 Å². The van der Waals surface area contributed by atoms with Crippen LogP contribution in [0.5, 0.6) is 0 Å². The summed E-state index contributed by atoms with van der Waals surface area (Å²) in [5.41, 5.74) is 2.08.